The van der Waals surface area contributed by atoms with Gasteiger partial charge in [-0.2, -0.15) is 0 Å². The first kappa shape index (κ1) is 62.6. The summed E-state index contributed by atoms with van der Waals surface area (Å²) in [6.07, 6.45) is 0. The van der Waals surface area contributed by atoms with Gasteiger partial charge in [0.25, 0.3) is 6.47 Å². The Hall–Kier alpha value is -6.93. The maximum Gasteiger partial charge on any atom is 1.00 e. The van der Waals surface area contributed by atoms with Gasteiger partial charge in [0.05, 0.1) is 30.7 Å². The first-order valence-electron chi connectivity index (χ1n) is 26.5. The van der Waals surface area contributed by atoms with E-state index in [0.29, 0.717) is 34.7 Å². The van der Waals surface area contributed by atoms with E-state index in [-0.39, 0.29) is 159 Å². The third kappa shape index (κ3) is 15.4. The molecule has 0 amide bonds. The van der Waals surface area contributed by atoms with Crippen LogP contribution in [0, 0.1) is 17.5 Å². The molecule has 85 heavy (non-hydrogen) atoms. The fraction of sp³-hybridized carbons (Fsp3) is 0.0147. The van der Waals surface area contributed by atoms with Crippen molar-refractivity contribution >= 4 is 50.1 Å². The van der Waals surface area contributed by atoms with Gasteiger partial charge in [-0.25, -0.2) is 43.1 Å². The summed E-state index contributed by atoms with van der Waals surface area (Å²) in [5.41, 5.74) is 8.93. The molecule has 0 radical (unpaired) electrons. The van der Waals surface area contributed by atoms with Crippen molar-refractivity contribution < 1.29 is 175 Å². The van der Waals surface area contributed by atoms with Gasteiger partial charge in [-0.3, -0.25) is 9.18 Å². The second-order valence-corrected chi connectivity index (χ2v) is 18.1. The number of aromatic nitrogens is 8. The second-order valence-electron chi connectivity index (χ2n) is 18.1. The van der Waals surface area contributed by atoms with Crippen LogP contribution in [0.2, 0.25) is 0 Å². The molecule has 14 aromatic rings. The fourth-order valence-corrected chi connectivity index (χ4v) is 9.35. The quantitative estimate of drug-likeness (QED) is 0.0680. The third-order valence-electron chi connectivity index (χ3n) is 13.1. The van der Waals surface area contributed by atoms with Gasteiger partial charge < -0.3 is 21.1 Å². The molecule has 0 unspecified atom stereocenters. The third-order valence-corrected chi connectivity index (χ3v) is 13.1. The van der Waals surface area contributed by atoms with Crippen LogP contribution < -0.4 is 143 Å². The molecule has 0 aliphatic heterocycles. The maximum atomic E-state index is 15.9. The zero-order chi connectivity index (χ0) is 58.2. The Kier molecular flexibility index (Phi) is 23.2. The molecule has 4 aromatic heterocycles. The molecular weight excluding hydrogens is 1320 g/mol. The van der Waals surface area contributed by atoms with E-state index < -0.39 is 24.6 Å². The number of aromatic amines is 1. The van der Waals surface area contributed by atoms with Crippen LogP contribution >= 0.6 is 0 Å². The first-order chi connectivity index (χ1) is 41.2. The average molecular weight is 1370 g/mol. The van der Waals surface area contributed by atoms with Crippen LogP contribution in [0.4, 0.5) is 17.6 Å². The summed E-state index contributed by atoms with van der Waals surface area (Å²) in [7, 11) is -1.00. The summed E-state index contributed by atoms with van der Waals surface area (Å²) in [6, 6.07) is 79.9. The van der Waals surface area contributed by atoms with Crippen molar-refractivity contribution in [2.45, 2.75) is 0 Å². The smallest absolute Gasteiger partial charge is 1.00 e. The molecule has 0 atom stereocenters. The molecule has 0 fully saturated rings. The van der Waals surface area contributed by atoms with Crippen molar-refractivity contribution in [1.29, 1.82) is 0 Å². The topological polar surface area (TPSA) is 147 Å². The molecule has 0 saturated heterocycles. The number of H-pyrrole nitrogens is 1. The Bertz CT molecular complexity index is 4310. The SMILES string of the molecule is Fc1cc(-n2c3ccccc3c3ccccc32)ccc1-c1nc(-c2ccccc2)nc(-c2ccccc2)n1.Fc1ccc(-c2nc(-c3ccccc3)nc(-c3ccccc3)n2)c(F)c1.O=CO[O-].[2HH].[2H]CF.[Cs+].[Cs+].[H-].c1ccc2c(c1)[nH]c1ccccc12. The molecule has 0 aliphatic rings. The van der Waals surface area contributed by atoms with Crippen molar-refractivity contribution in [3.8, 4) is 74.0 Å². The molecule has 0 aliphatic carbocycles. The van der Waals surface area contributed by atoms with Gasteiger partial charge in [-0.15, -0.1) is 0 Å². The van der Waals surface area contributed by atoms with Crippen LogP contribution in [0.1, 0.15) is 4.22 Å². The standard InChI is InChI=1S/C33H21FN4.C21H13F2N3.C12H9N.CH3F.CH2O3.2Cs.H2.H/c34-28-21-24(38-29-17-9-7-15-25(29)26-16-8-10-18-30(26)38)19-20-27(28)33-36-31(22-11-3-1-4-12-22)35-32(37-33)23-13-5-2-6-14-23;22-16-11-12-17(18(23)13-16)21-25-19(14-7-3-1-4-8-14)24-20(26-21)15-9-5-2-6-10-15;1-3-7-11-9(5-1)10-6-2-4-8-12(10)13-11;1-2;2-1-4-3;;;;/h1-21H;1-13H;1-8,13H;1H3;1,3H;;;1H;/q;;;;;2*+1;;-1/p-1/i;;;1D;;;;1+1;. The molecule has 410 valence electrons. The Balaban J connectivity index is 0.000000213. The normalized spacial score (nSPS) is 10.5. The van der Waals surface area contributed by atoms with Gasteiger partial charge in [0.15, 0.2) is 34.9 Å². The van der Waals surface area contributed by atoms with Gasteiger partial charge in [-0.05, 0) is 54.6 Å². The Morgan fingerprint density at radius 2 is 0.753 bits per heavy atom. The minimum atomic E-state index is -1.00. The molecule has 4 heterocycles. The second kappa shape index (κ2) is 31.5. The number of fused-ring (bicyclic) bond motifs is 6. The van der Waals surface area contributed by atoms with Gasteiger partial charge in [0.1, 0.15) is 17.5 Å². The van der Waals surface area contributed by atoms with Crippen molar-refractivity contribution in [2.75, 3.05) is 7.15 Å². The van der Waals surface area contributed by atoms with Gasteiger partial charge >= 0.3 is 138 Å². The Labute approximate surface area is 608 Å². The predicted molar refractivity (Wildman–Crippen MR) is 320 cm³/mol. The number of hydrogen-bond donors (Lipinski definition) is 1. The molecule has 10 aromatic carbocycles. The van der Waals surface area contributed by atoms with E-state index in [1.54, 1.807) is 12.1 Å². The number of rotatable bonds is 8. The van der Waals surface area contributed by atoms with Crippen LogP contribution in [0.15, 0.2) is 255 Å². The van der Waals surface area contributed by atoms with Gasteiger partial charge in [0.2, 0.25) is 0 Å². The molecule has 1 N–H and O–H groups in total. The predicted octanol–water partition coefficient (Wildman–Crippen LogP) is 9.97. The Morgan fingerprint density at radius 3 is 1.11 bits per heavy atom. The molecule has 11 nitrogen and oxygen atoms in total. The van der Waals surface area contributed by atoms with Crippen LogP contribution in [-0.2, 0) is 9.68 Å². The van der Waals surface area contributed by atoms with E-state index in [1.807, 2.05) is 152 Å². The number of carbonyl (C=O) groups is 1. The zero-order valence-corrected chi connectivity index (χ0v) is 58.5. The summed E-state index contributed by atoms with van der Waals surface area (Å²) in [4.78, 5) is 42.0. The molecule has 0 saturated carbocycles. The number of nitrogens with one attached hydrogen (secondary N) is 1. The molecule has 14 rings (SSSR count). The Morgan fingerprint density at radius 1 is 0.447 bits per heavy atom. The van der Waals surface area contributed by atoms with Crippen LogP contribution in [0.3, 0.4) is 0 Å². The zero-order valence-electron chi connectivity index (χ0n) is 47.9. The van der Waals surface area contributed by atoms with E-state index in [2.05, 4.69) is 112 Å². The van der Waals surface area contributed by atoms with E-state index >= 15 is 4.39 Å². The molecule has 17 heteroatoms. The summed E-state index contributed by atoms with van der Waals surface area (Å²) < 4.78 is 61.0. The largest absolute Gasteiger partial charge is 1.00 e. The minimum Gasteiger partial charge on any atom is -1.00 e. The number of benzene rings is 10. The number of halogens is 4. The van der Waals surface area contributed by atoms with Crippen molar-refractivity contribution in [3.05, 3.63) is 272 Å². The fourth-order valence-electron chi connectivity index (χ4n) is 9.35. The molecular formula is C68H50Cs2F4N8O3. The number of para-hydroxylation sites is 4. The summed E-state index contributed by atoms with van der Waals surface area (Å²) in [5.74, 6) is 0.561. The van der Waals surface area contributed by atoms with Crippen molar-refractivity contribution in [2.24, 2.45) is 0 Å². The monoisotopic (exact) mass is 1370 g/mol. The molecule has 0 bridgehead atoms. The molecule has 0 spiro atoms. The first-order valence-corrected chi connectivity index (χ1v) is 25.8. The maximum absolute atomic E-state index is 15.9. The van der Waals surface area contributed by atoms with Crippen LogP contribution in [-0.4, -0.2) is 53.1 Å². The summed E-state index contributed by atoms with van der Waals surface area (Å²) in [5, 5.41) is 13.3. The van der Waals surface area contributed by atoms with Crippen LogP contribution in [0.25, 0.3) is 118 Å². The number of nitrogens with zero attached hydrogens (tertiary/aromatic N) is 7. The van der Waals surface area contributed by atoms with E-state index in [9.17, 15) is 13.2 Å². The number of carbonyl (C=O) groups excluding carboxylic acids is 1. The van der Waals surface area contributed by atoms with Crippen molar-refractivity contribution in [1.82, 2.24) is 39.5 Å². The number of alkyl halides is 1. The van der Waals surface area contributed by atoms with Crippen molar-refractivity contribution in [3.63, 3.8) is 0 Å². The van der Waals surface area contributed by atoms with Gasteiger partial charge in [0, 0.05) is 68.0 Å². The summed E-state index contributed by atoms with van der Waals surface area (Å²) >= 11 is 0. The van der Waals surface area contributed by atoms with Crippen LogP contribution in [0.5, 0.6) is 0 Å². The van der Waals surface area contributed by atoms with E-state index in [1.165, 1.54) is 33.9 Å². The minimum absolute atomic E-state index is 0. The van der Waals surface area contributed by atoms with E-state index in [4.69, 9.17) is 16.4 Å². The van der Waals surface area contributed by atoms with E-state index in [0.717, 1.165) is 55.8 Å². The van der Waals surface area contributed by atoms with Gasteiger partial charge in [-0.1, -0.05) is 194 Å². The summed E-state index contributed by atoms with van der Waals surface area (Å²) in [6.45, 7) is -0.181. The number of hydrogen-bond acceptors (Lipinski definition) is 9. The average Bonchev–Trinajstić information content (AvgIpc) is 2.33.